The van der Waals surface area contributed by atoms with E-state index >= 15 is 0 Å². The molecule has 0 bridgehead atoms. The summed E-state index contributed by atoms with van der Waals surface area (Å²) in [7, 11) is 0. The van der Waals surface area contributed by atoms with Gasteiger partial charge >= 0.3 is 11.9 Å². The monoisotopic (exact) mass is 354 g/mol. The van der Waals surface area contributed by atoms with E-state index in [2.05, 4.69) is 6.92 Å². The summed E-state index contributed by atoms with van der Waals surface area (Å²) >= 11 is 0. The van der Waals surface area contributed by atoms with E-state index in [4.69, 9.17) is 9.47 Å². The van der Waals surface area contributed by atoms with Crippen LogP contribution in [-0.2, 0) is 19.1 Å². The van der Waals surface area contributed by atoms with E-state index in [1.807, 2.05) is 13.8 Å². The van der Waals surface area contributed by atoms with Crippen LogP contribution in [0.1, 0.15) is 92.4 Å². The van der Waals surface area contributed by atoms with Crippen molar-refractivity contribution in [3.8, 4) is 0 Å². The first-order valence-corrected chi connectivity index (χ1v) is 10.1. The number of unbranched alkanes of at least 4 members (excludes halogenated alkanes) is 7. The number of hydrogen-bond donors (Lipinski definition) is 0. The van der Waals surface area contributed by atoms with Gasteiger partial charge < -0.3 is 9.47 Å². The molecule has 4 nitrogen and oxygen atoms in total. The van der Waals surface area contributed by atoms with Gasteiger partial charge in [0.15, 0.2) is 0 Å². The molecule has 0 aromatic heterocycles. The molecule has 146 valence electrons. The minimum Gasteiger partial charge on any atom is -0.463 e. The number of esters is 2. The topological polar surface area (TPSA) is 52.6 Å². The second-order valence-electron chi connectivity index (χ2n) is 6.71. The van der Waals surface area contributed by atoms with Crippen LogP contribution in [0.2, 0.25) is 0 Å². The summed E-state index contributed by atoms with van der Waals surface area (Å²) in [5.41, 5.74) is 0.976. The molecule has 0 fully saturated rings. The smallest absolute Gasteiger partial charge is 0.334 e. The van der Waals surface area contributed by atoms with Gasteiger partial charge in [-0.15, -0.1) is 0 Å². The first-order chi connectivity index (χ1) is 12.0. The molecule has 0 radical (unpaired) electrons. The molecule has 0 saturated heterocycles. The Hall–Kier alpha value is -1.32. The molecule has 0 amide bonds. The molecule has 0 spiro atoms. The van der Waals surface area contributed by atoms with Gasteiger partial charge in [-0.3, -0.25) is 0 Å². The number of carbonyl (C=O) groups is 2. The molecular formula is C21H38O4. The highest BCUT2D eigenvalue weighted by molar-refractivity contribution is 6.00. The second kappa shape index (κ2) is 15.0. The molecule has 0 saturated carbocycles. The predicted molar refractivity (Wildman–Crippen MR) is 102 cm³/mol. The lowest BCUT2D eigenvalue weighted by Gasteiger charge is -2.16. The van der Waals surface area contributed by atoms with Gasteiger partial charge in [-0.2, -0.15) is 0 Å². The maximum absolute atomic E-state index is 12.3. The van der Waals surface area contributed by atoms with Crippen molar-refractivity contribution in [1.82, 2.24) is 0 Å². The minimum atomic E-state index is -0.389. The number of ether oxygens (including phenoxy) is 2. The van der Waals surface area contributed by atoms with E-state index < -0.39 is 0 Å². The largest absolute Gasteiger partial charge is 0.463 e. The third kappa shape index (κ3) is 10.3. The zero-order valence-electron chi connectivity index (χ0n) is 17.0. The third-order valence-electron chi connectivity index (χ3n) is 4.20. The highest BCUT2D eigenvalue weighted by Gasteiger charge is 2.25. The lowest BCUT2D eigenvalue weighted by Crippen LogP contribution is -2.20. The molecule has 0 atom stereocenters. The SMILES string of the molecule is CCCCCCCCCCC(C(=O)OCC)=C(C(=O)OCC)C(C)C. The van der Waals surface area contributed by atoms with E-state index in [1.165, 1.54) is 38.5 Å². The number of rotatable bonds is 14. The molecular weight excluding hydrogens is 316 g/mol. The molecule has 0 aromatic rings. The summed E-state index contributed by atoms with van der Waals surface area (Å²) in [6, 6.07) is 0. The normalized spacial score (nSPS) is 12.1. The van der Waals surface area contributed by atoms with Crippen LogP contribution in [0.15, 0.2) is 11.1 Å². The molecule has 0 aliphatic heterocycles. The Morgan fingerprint density at radius 3 is 1.68 bits per heavy atom. The van der Waals surface area contributed by atoms with Crippen molar-refractivity contribution in [2.75, 3.05) is 13.2 Å². The average molecular weight is 355 g/mol. The maximum Gasteiger partial charge on any atom is 0.334 e. The van der Waals surface area contributed by atoms with Gasteiger partial charge in [0.1, 0.15) is 0 Å². The van der Waals surface area contributed by atoms with Crippen molar-refractivity contribution in [2.45, 2.75) is 92.4 Å². The standard InChI is InChI=1S/C21H38O4/c1-6-9-10-11-12-13-14-15-16-18(20(22)24-7-2)19(17(4)5)21(23)25-8-3/h17H,6-16H2,1-5H3. The van der Waals surface area contributed by atoms with E-state index in [9.17, 15) is 9.59 Å². The summed E-state index contributed by atoms with van der Waals surface area (Å²) in [6.07, 6.45) is 10.1. The van der Waals surface area contributed by atoms with Crippen LogP contribution in [0.3, 0.4) is 0 Å². The fourth-order valence-corrected chi connectivity index (χ4v) is 2.92. The van der Waals surface area contributed by atoms with Crippen LogP contribution < -0.4 is 0 Å². The van der Waals surface area contributed by atoms with E-state index in [0.29, 0.717) is 30.8 Å². The molecule has 25 heavy (non-hydrogen) atoms. The van der Waals surface area contributed by atoms with Crippen molar-refractivity contribution in [2.24, 2.45) is 5.92 Å². The van der Waals surface area contributed by atoms with Crippen molar-refractivity contribution < 1.29 is 19.1 Å². The van der Waals surface area contributed by atoms with E-state index in [1.54, 1.807) is 13.8 Å². The molecule has 0 aromatic carbocycles. The Morgan fingerprint density at radius 1 is 0.720 bits per heavy atom. The van der Waals surface area contributed by atoms with Crippen LogP contribution in [0.5, 0.6) is 0 Å². The lowest BCUT2D eigenvalue weighted by molar-refractivity contribution is -0.142. The highest BCUT2D eigenvalue weighted by Crippen LogP contribution is 2.23. The summed E-state index contributed by atoms with van der Waals surface area (Å²) in [5, 5.41) is 0. The van der Waals surface area contributed by atoms with Gasteiger partial charge in [-0.1, -0.05) is 65.7 Å². The van der Waals surface area contributed by atoms with Crippen molar-refractivity contribution in [3.63, 3.8) is 0 Å². The first kappa shape index (κ1) is 23.7. The zero-order chi connectivity index (χ0) is 19.1. The highest BCUT2D eigenvalue weighted by atomic mass is 16.5. The molecule has 0 N–H and O–H groups in total. The predicted octanol–water partition coefficient (Wildman–Crippen LogP) is 5.60. The number of carbonyl (C=O) groups excluding carboxylic acids is 2. The van der Waals surface area contributed by atoms with Crippen LogP contribution in [0, 0.1) is 5.92 Å². The van der Waals surface area contributed by atoms with Crippen LogP contribution in [0.25, 0.3) is 0 Å². The summed E-state index contributed by atoms with van der Waals surface area (Å²) in [6.45, 7) is 10.2. The molecule has 4 heteroatoms. The van der Waals surface area contributed by atoms with Gasteiger partial charge in [0.2, 0.25) is 0 Å². The van der Waals surface area contributed by atoms with Crippen molar-refractivity contribution >= 4 is 11.9 Å². The molecule has 0 rings (SSSR count). The molecule has 0 aliphatic rings. The maximum atomic E-state index is 12.3. The zero-order valence-corrected chi connectivity index (χ0v) is 17.0. The van der Waals surface area contributed by atoms with Gasteiger partial charge in [0.25, 0.3) is 0 Å². The fraction of sp³-hybridized carbons (Fsp3) is 0.810. The molecule has 0 aliphatic carbocycles. The Bertz CT molecular complexity index is 410. The Labute approximate surface area is 154 Å². The Kier molecular flexibility index (Phi) is 14.2. The average Bonchev–Trinajstić information content (AvgIpc) is 2.56. The fourth-order valence-electron chi connectivity index (χ4n) is 2.92. The van der Waals surface area contributed by atoms with Crippen LogP contribution in [0.4, 0.5) is 0 Å². The first-order valence-electron chi connectivity index (χ1n) is 10.1. The van der Waals surface area contributed by atoms with E-state index in [0.717, 1.165) is 12.8 Å². The van der Waals surface area contributed by atoms with Crippen molar-refractivity contribution in [1.29, 1.82) is 0 Å². The van der Waals surface area contributed by atoms with Crippen molar-refractivity contribution in [3.05, 3.63) is 11.1 Å². The third-order valence-corrected chi connectivity index (χ3v) is 4.20. The van der Waals surface area contributed by atoms with Gasteiger partial charge in [0, 0.05) is 5.57 Å². The summed E-state index contributed by atoms with van der Waals surface area (Å²) in [5.74, 6) is -0.824. The quantitative estimate of drug-likeness (QED) is 0.231. The van der Waals surface area contributed by atoms with Crippen LogP contribution in [-0.4, -0.2) is 25.2 Å². The number of hydrogen-bond acceptors (Lipinski definition) is 4. The van der Waals surface area contributed by atoms with Crippen LogP contribution >= 0.6 is 0 Å². The Balaban J connectivity index is 4.78. The van der Waals surface area contributed by atoms with E-state index in [-0.39, 0.29) is 17.9 Å². The molecule has 0 heterocycles. The summed E-state index contributed by atoms with van der Waals surface area (Å²) in [4.78, 5) is 24.6. The molecule has 0 unspecified atom stereocenters. The van der Waals surface area contributed by atoms with Gasteiger partial charge in [-0.05, 0) is 32.6 Å². The Morgan fingerprint density at radius 2 is 1.20 bits per heavy atom. The second-order valence-corrected chi connectivity index (χ2v) is 6.71. The van der Waals surface area contributed by atoms with Gasteiger partial charge in [0.05, 0.1) is 18.8 Å². The minimum absolute atomic E-state index is 0.0625. The van der Waals surface area contributed by atoms with Gasteiger partial charge in [-0.25, -0.2) is 9.59 Å². The lowest BCUT2D eigenvalue weighted by atomic mass is 9.93. The summed E-state index contributed by atoms with van der Waals surface area (Å²) < 4.78 is 10.3.